The van der Waals surface area contributed by atoms with E-state index >= 15 is 0 Å². The van der Waals surface area contributed by atoms with Crippen LogP contribution in [-0.2, 0) is 0 Å². The summed E-state index contributed by atoms with van der Waals surface area (Å²) in [5.41, 5.74) is 2.35. The monoisotopic (exact) mass is 390 g/mol. The molecule has 3 aromatic rings. The normalized spacial score (nSPS) is 10.8. The van der Waals surface area contributed by atoms with Crippen molar-refractivity contribution in [1.82, 2.24) is 4.98 Å². The smallest absolute Gasteiger partial charge is 0.277 e. The molecule has 0 atom stereocenters. The van der Waals surface area contributed by atoms with Crippen LogP contribution in [0.1, 0.15) is 20.9 Å². The molecule has 0 radical (unpaired) electrons. The molecule has 2 heterocycles. The average Bonchev–Trinajstić information content (AvgIpc) is 3.15. The second-order valence-electron chi connectivity index (χ2n) is 5.20. The van der Waals surface area contributed by atoms with Gasteiger partial charge in [-0.05, 0) is 49.7 Å². The Kier molecular flexibility index (Phi) is 4.37. The number of halogens is 1. The molecule has 0 aliphatic rings. The SMILES string of the molecule is Cc1cc(Br)ccc1N(C)C(=O)c1nc(-c2ccco2)sc1C. The Labute approximate surface area is 146 Å². The van der Waals surface area contributed by atoms with Gasteiger partial charge in [0.2, 0.25) is 0 Å². The first kappa shape index (κ1) is 16.0. The number of aryl methyl sites for hydroxylation is 2. The summed E-state index contributed by atoms with van der Waals surface area (Å²) in [6, 6.07) is 9.49. The van der Waals surface area contributed by atoms with E-state index in [1.54, 1.807) is 18.2 Å². The molecule has 3 rings (SSSR count). The number of furan rings is 1. The van der Waals surface area contributed by atoms with Gasteiger partial charge in [0.05, 0.1) is 6.26 Å². The maximum absolute atomic E-state index is 12.8. The van der Waals surface area contributed by atoms with Crippen LogP contribution >= 0.6 is 27.3 Å². The Hall–Kier alpha value is -1.92. The van der Waals surface area contributed by atoms with Crippen LogP contribution in [0.5, 0.6) is 0 Å². The molecule has 0 saturated heterocycles. The van der Waals surface area contributed by atoms with Gasteiger partial charge in [0, 0.05) is 22.1 Å². The van der Waals surface area contributed by atoms with Crippen LogP contribution in [0.15, 0.2) is 45.5 Å². The predicted molar refractivity (Wildman–Crippen MR) is 96.2 cm³/mol. The Bertz CT molecular complexity index is 856. The van der Waals surface area contributed by atoms with Crippen LogP contribution in [0, 0.1) is 13.8 Å². The van der Waals surface area contributed by atoms with Crippen LogP contribution in [0.3, 0.4) is 0 Å². The van der Waals surface area contributed by atoms with Gasteiger partial charge in [0.15, 0.2) is 10.8 Å². The molecule has 0 N–H and O–H groups in total. The van der Waals surface area contributed by atoms with Gasteiger partial charge in [-0.1, -0.05) is 15.9 Å². The van der Waals surface area contributed by atoms with Crippen molar-refractivity contribution < 1.29 is 9.21 Å². The van der Waals surface area contributed by atoms with Gasteiger partial charge in [0.1, 0.15) is 5.69 Å². The number of hydrogen-bond acceptors (Lipinski definition) is 4. The molecule has 0 aliphatic heterocycles. The molecule has 0 saturated carbocycles. The molecule has 0 unspecified atom stereocenters. The quantitative estimate of drug-likeness (QED) is 0.627. The number of nitrogens with zero attached hydrogens (tertiary/aromatic N) is 2. The van der Waals surface area contributed by atoms with Crippen molar-refractivity contribution in [2.24, 2.45) is 0 Å². The summed E-state index contributed by atoms with van der Waals surface area (Å²) >= 11 is 4.90. The highest BCUT2D eigenvalue weighted by Crippen LogP contribution is 2.30. The molecule has 1 amide bonds. The van der Waals surface area contributed by atoms with Crippen molar-refractivity contribution in [1.29, 1.82) is 0 Å². The molecule has 4 nitrogen and oxygen atoms in total. The number of carbonyl (C=O) groups excluding carboxylic acids is 1. The Morgan fingerprint density at radius 1 is 1.30 bits per heavy atom. The Morgan fingerprint density at radius 2 is 2.09 bits per heavy atom. The zero-order chi connectivity index (χ0) is 16.6. The molecule has 2 aromatic heterocycles. The fourth-order valence-electron chi connectivity index (χ4n) is 2.36. The van der Waals surface area contributed by atoms with Crippen molar-refractivity contribution >= 4 is 38.9 Å². The highest BCUT2D eigenvalue weighted by Gasteiger charge is 2.22. The van der Waals surface area contributed by atoms with E-state index in [2.05, 4.69) is 20.9 Å². The molecule has 0 bridgehead atoms. The third-order valence-corrected chi connectivity index (χ3v) is 5.03. The molecule has 6 heteroatoms. The lowest BCUT2D eigenvalue weighted by Crippen LogP contribution is -2.27. The van der Waals surface area contributed by atoms with Crippen molar-refractivity contribution in [2.45, 2.75) is 13.8 Å². The lowest BCUT2D eigenvalue weighted by molar-refractivity contribution is 0.0988. The van der Waals surface area contributed by atoms with Crippen LogP contribution in [0.4, 0.5) is 5.69 Å². The van der Waals surface area contributed by atoms with Crippen molar-refractivity contribution in [3.8, 4) is 10.8 Å². The number of anilines is 1. The van der Waals surface area contributed by atoms with Crippen LogP contribution in [0.2, 0.25) is 0 Å². The third kappa shape index (κ3) is 3.09. The summed E-state index contributed by atoms with van der Waals surface area (Å²) in [6.07, 6.45) is 1.60. The molecule has 0 aliphatic carbocycles. The lowest BCUT2D eigenvalue weighted by Gasteiger charge is -2.19. The topological polar surface area (TPSA) is 46.3 Å². The lowest BCUT2D eigenvalue weighted by atomic mass is 10.2. The van der Waals surface area contributed by atoms with Crippen molar-refractivity contribution in [3.05, 3.63) is 57.2 Å². The zero-order valence-corrected chi connectivity index (χ0v) is 15.4. The molecule has 23 heavy (non-hydrogen) atoms. The fourth-order valence-corrected chi connectivity index (χ4v) is 3.71. The van der Waals surface area contributed by atoms with Gasteiger partial charge in [0.25, 0.3) is 5.91 Å². The maximum atomic E-state index is 12.8. The molecule has 0 fully saturated rings. The van der Waals surface area contributed by atoms with Gasteiger partial charge in [-0.25, -0.2) is 4.98 Å². The molecule has 1 aromatic carbocycles. The van der Waals surface area contributed by atoms with Gasteiger partial charge in [-0.15, -0.1) is 11.3 Å². The second-order valence-corrected chi connectivity index (χ2v) is 7.31. The first-order valence-electron chi connectivity index (χ1n) is 7.03. The number of rotatable bonds is 3. The highest BCUT2D eigenvalue weighted by atomic mass is 79.9. The van der Waals surface area contributed by atoms with Gasteiger partial charge >= 0.3 is 0 Å². The summed E-state index contributed by atoms with van der Waals surface area (Å²) in [5.74, 6) is 0.557. The molecule has 118 valence electrons. The largest absolute Gasteiger partial charge is 0.462 e. The highest BCUT2D eigenvalue weighted by molar-refractivity contribution is 9.10. The average molecular weight is 391 g/mol. The summed E-state index contributed by atoms with van der Waals surface area (Å²) in [7, 11) is 1.77. The first-order chi connectivity index (χ1) is 11.0. The van der Waals surface area contributed by atoms with E-state index in [1.807, 2.05) is 44.2 Å². The summed E-state index contributed by atoms with van der Waals surface area (Å²) < 4.78 is 6.35. The van der Waals surface area contributed by atoms with Gasteiger partial charge < -0.3 is 9.32 Å². The summed E-state index contributed by atoms with van der Waals surface area (Å²) in [4.78, 5) is 19.8. The predicted octanol–water partition coefficient (Wildman–Crippen LogP) is 5.06. The Morgan fingerprint density at radius 3 is 2.74 bits per heavy atom. The Balaban J connectivity index is 1.94. The minimum atomic E-state index is -0.123. The van der Waals surface area contributed by atoms with E-state index in [9.17, 15) is 4.79 Å². The molecule has 0 spiro atoms. The number of carbonyl (C=O) groups is 1. The number of amides is 1. The molecular formula is C17H15BrN2O2S. The van der Waals surface area contributed by atoms with Crippen molar-refractivity contribution in [3.63, 3.8) is 0 Å². The van der Waals surface area contributed by atoms with Gasteiger partial charge in [-0.2, -0.15) is 0 Å². The van der Waals surface area contributed by atoms with Crippen LogP contribution in [0.25, 0.3) is 10.8 Å². The molecular weight excluding hydrogens is 376 g/mol. The van der Waals surface area contributed by atoms with Crippen LogP contribution < -0.4 is 4.90 Å². The first-order valence-corrected chi connectivity index (χ1v) is 8.64. The fraction of sp³-hybridized carbons (Fsp3) is 0.176. The van der Waals surface area contributed by atoms with Crippen molar-refractivity contribution in [2.75, 3.05) is 11.9 Å². The number of hydrogen-bond donors (Lipinski definition) is 0. The number of benzene rings is 1. The maximum Gasteiger partial charge on any atom is 0.277 e. The van der Waals surface area contributed by atoms with Gasteiger partial charge in [-0.3, -0.25) is 4.79 Å². The van der Waals surface area contributed by atoms with E-state index in [1.165, 1.54) is 11.3 Å². The summed E-state index contributed by atoms with van der Waals surface area (Å²) in [5, 5.41) is 0.719. The van der Waals surface area contributed by atoms with E-state index in [0.29, 0.717) is 11.5 Å². The van der Waals surface area contributed by atoms with E-state index < -0.39 is 0 Å². The van der Waals surface area contributed by atoms with Crippen LogP contribution in [-0.4, -0.2) is 17.9 Å². The number of aromatic nitrogens is 1. The standard InChI is InChI=1S/C17H15BrN2O2S/c1-10-9-12(18)6-7-13(10)20(3)17(21)15-11(2)23-16(19-15)14-5-4-8-22-14/h4-9H,1-3H3. The van der Waals surface area contributed by atoms with E-state index in [-0.39, 0.29) is 5.91 Å². The zero-order valence-electron chi connectivity index (χ0n) is 13.0. The second kappa shape index (κ2) is 6.29. The third-order valence-electron chi connectivity index (χ3n) is 3.56. The number of thiazole rings is 1. The van der Waals surface area contributed by atoms with E-state index in [0.717, 1.165) is 25.6 Å². The van der Waals surface area contributed by atoms with E-state index in [4.69, 9.17) is 4.42 Å². The minimum Gasteiger partial charge on any atom is -0.462 e. The minimum absolute atomic E-state index is 0.123. The summed E-state index contributed by atoms with van der Waals surface area (Å²) in [6.45, 7) is 3.88.